The fourth-order valence-electron chi connectivity index (χ4n) is 11.2. The molecule has 61 heavy (non-hydrogen) atoms. The third kappa shape index (κ3) is 4.56. The molecule has 13 aromatic rings. The fourth-order valence-corrected chi connectivity index (χ4v) is 11.2. The Morgan fingerprint density at radius 3 is 1.89 bits per heavy atom. The van der Waals surface area contributed by atoms with Crippen LogP contribution >= 0.6 is 0 Å². The standard InChI is InChI=1S/C57H38N4/c1-2-17-38(18-3-1)59-49-25-11-7-20-41(49)43-30-29-37(33-52(43)59)39-23-14-28-54(58-48-24-10-6-19-40(39)48)61-53-32-36-16-5-4-15-35(36)31-45(53)47-34-46-42-21-8-12-26-50(42)60-51-27-13-9-22-44(51)55(56(46)60)57(47)61/h1-13,15-22,24-27,29-34,39H,14,23,28H2/b58-54+. The van der Waals surface area contributed by atoms with E-state index in [9.17, 15) is 0 Å². The highest BCUT2D eigenvalue weighted by Gasteiger charge is 2.28. The Hall–Kier alpha value is -7.69. The van der Waals surface area contributed by atoms with Crippen LogP contribution in [0.15, 0.2) is 193 Å². The molecule has 0 saturated heterocycles. The van der Waals surface area contributed by atoms with Crippen LogP contribution in [0.2, 0.25) is 0 Å². The maximum absolute atomic E-state index is 5.80. The average molecular weight is 779 g/mol. The summed E-state index contributed by atoms with van der Waals surface area (Å²) in [5.41, 5.74) is 13.6. The van der Waals surface area contributed by atoms with Crippen molar-refractivity contribution in [1.29, 1.82) is 0 Å². The smallest absolute Gasteiger partial charge is 0.114 e. The number of rotatable bonds is 2. The number of nitrogens with zero attached hydrogens (tertiary/aromatic N) is 4. The summed E-state index contributed by atoms with van der Waals surface area (Å²) in [7, 11) is 0. The lowest BCUT2D eigenvalue weighted by atomic mass is 9.85. The molecule has 0 saturated carbocycles. The maximum Gasteiger partial charge on any atom is 0.114 e. The first kappa shape index (κ1) is 33.2. The predicted octanol–water partition coefficient (Wildman–Crippen LogP) is 15.1. The van der Waals surface area contributed by atoms with Gasteiger partial charge >= 0.3 is 0 Å². The van der Waals surface area contributed by atoms with Gasteiger partial charge < -0.3 is 8.97 Å². The molecule has 0 N–H and O–H groups in total. The third-order valence-electron chi connectivity index (χ3n) is 13.8. The van der Waals surface area contributed by atoms with Gasteiger partial charge in [-0.15, -0.1) is 0 Å². The molecule has 5 heterocycles. The number of aliphatic imine (C=N–C) groups is 1. The number of para-hydroxylation sites is 5. The maximum atomic E-state index is 5.80. The summed E-state index contributed by atoms with van der Waals surface area (Å²) in [4.78, 5) is 5.80. The van der Waals surface area contributed by atoms with E-state index in [-0.39, 0.29) is 5.92 Å². The lowest BCUT2D eigenvalue weighted by Gasteiger charge is -2.24. The molecule has 0 fully saturated rings. The molecule has 4 heteroatoms. The lowest BCUT2D eigenvalue weighted by Crippen LogP contribution is -2.15. The van der Waals surface area contributed by atoms with Gasteiger partial charge in [0.25, 0.3) is 0 Å². The second kappa shape index (κ2) is 12.4. The number of benzene rings is 9. The minimum atomic E-state index is 0.204. The van der Waals surface area contributed by atoms with Crippen LogP contribution in [0.1, 0.15) is 36.3 Å². The van der Waals surface area contributed by atoms with E-state index in [1.165, 1.54) is 109 Å². The molecule has 0 bridgehead atoms. The Balaban J connectivity index is 1.03. The molecule has 1 aliphatic rings. The van der Waals surface area contributed by atoms with Crippen molar-refractivity contribution in [3.05, 3.63) is 199 Å². The molecule has 286 valence electrons. The van der Waals surface area contributed by atoms with E-state index in [1.807, 2.05) is 0 Å². The number of hydrogen-bond donors (Lipinski definition) is 0. The summed E-state index contributed by atoms with van der Waals surface area (Å²) in [5, 5.41) is 12.8. The number of aromatic nitrogens is 3. The molecule has 9 aromatic carbocycles. The quantitative estimate of drug-likeness (QED) is 0.167. The monoisotopic (exact) mass is 778 g/mol. The van der Waals surface area contributed by atoms with E-state index in [1.54, 1.807) is 0 Å². The van der Waals surface area contributed by atoms with Gasteiger partial charge in [-0.05, 0) is 95.4 Å². The van der Waals surface area contributed by atoms with E-state index in [0.29, 0.717) is 0 Å². The molecule has 14 rings (SSSR count). The zero-order chi connectivity index (χ0) is 39.8. The molecular weight excluding hydrogens is 741 g/mol. The van der Waals surface area contributed by atoms with Crippen LogP contribution in [0.25, 0.3) is 98.2 Å². The third-order valence-corrected chi connectivity index (χ3v) is 13.8. The normalized spacial score (nSPS) is 15.8. The molecule has 0 radical (unpaired) electrons. The van der Waals surface area contributed by atoms with Gasteiger partial charge in [-0.2, -0.15) is 0 Å². The Labute approximate surface area is 351 Å². The molecule has 1 atom stereocenters. The first-order valence-electron chi connectivity index (χ1n) is 21.6. The highest BCUT2D eigenvalue weighted by molar-refractivity contribution is 6.35. The van der Waals surface area contributed by atoms with Gasteiger partial charge in [0.2, 0.25) is 0 Å². The minimum absolute atomic E-state index is 0.204. The first-order valence-corrected chi connectivity index (χ1v) is 21.6. The van der Waals surface area contributed by atoms with Gasteiger partial charge in [-0.1, -0.05) is 127 Å². The molecule has 4 nitrogen and oxygen atoms in total. The summed E-state index contributed by atoms with van der Waals surface area (Å²) in [6.45, 7) is 0. The van der Waals surface area contributed by atoms with Gasteiger partial charge in [0.15, 0.2) is 0 Å². The van der Waals surface area contributed by atoms with Gasteiger partial charge in [0.05, 0.1) is 44.3 Å². The largest absolute Gasteiger partial charge is 0.309 e. The second-order valence-corrected chi connectivity index (χ2v) is 17.0. The molecular formula is C57H38N4. The van der Waals surface area contributed by atoms with Gasteiger partial charge in [-0.25, -0.2) is 4.99 Å². The van der Waals surface area contributed by atoms with E-state index < -0.39 is 0 Å². The second-order valence-electron chi connectivity index (χ2n) is 17.0. The average Bonchev–Trinajstić information content (AvgIpc) is 4.03. The highest BCUT2D eigenvalue weighted by atomic mass is 15.1. The van der Waals surface area contributed by atoms with Gasteiger partial charge in [-0.3, -0.25) is 4.57 Å². The zero-order valence-electron chi connectivity index (χ0n) is 33.4. The molecule has 1 unspecified atom stereocenters. The number of hydrogen-bond acceptors (Lipinski definition) is 1. The van der Waals surface area contributed by atoms with Crippen LogP contribution in [-0.2, 0) is 0 Å². The van der Waals surface area contributed by atoms with Crippen molar-refractivity contribution < 1.29 is 0 Å². The van der Waals surface area contributed by atoms with Crippen molar-refractivity contribution in [2.45, 2.75) is 25.2 Å². The Morgan fingerprint density at radius 2 is 1.05 bits per heavy atom. The highest BCUT2D eigenvalue weighted by Crippen LogP contribution is 2.47. The van der Waals surface area contributed by atoms with Crippen molar-refractivity contribution in [2.75, 3.05) is 0 Å². The summed E-state index contributed by atoms with van der Waals surface area (Å²) in [6, 6.07) is 69.7. The molecule has 0 amide bonds. The van der Waals surface area contributed by atoms with Crippen LogP contribution in [0.3, 0.4) is 0 Å². The Morgan fingerprint density at radius 1 is 0.426 bits per heavy atom. The summed E-state index contributed by atoms with van der Waals surface area (Å²) >= 11 is 0. The van der Waals surface area contributed by atoms with E-state index >= 15 is 0 Å². The SMILES string of the molecule is c1ccc(-n2c3ccccc3c3ccc(C4CCC/C(n5c6cc7ccccc7cc6c6cc7c8ccccc8n8c9ccccc9c(c65)c78)=N\c5ccccc54)cc32)cc1. The van der Waals surface area contributed by atoms with E-state index in [4.69, 9.17) is 4.99 Å². The summed E-state index contributed by atoms with van der Waals surface area (Å²) in [6.07, 6.45) is 2.87. The van der Waals surface area contributed by atoms with Gasteiger partial charge in [0.1, 0.15) is 5.84 Å². The first-order chi connectivity index (χ1) is 30.3. The molecule has 1 aliphatic heterocycles. The molecule has 0 aliphatic carbocycles. The Kier molecular flexibility index (Phi) is 6.75. The van der Waals surface area contributed by atoms with Crippen molar-refractivity contribution in [2.24, 2.45) is 4.99 Å². The van der Waals surface area contributed by atoms with Crippen molar-refractivity contribution in [1.82, 2.24) is 13.5 Å². The van der Waals surface area contributed by atoms with Crippen molar-refractivity contribution in [3.8, 4) is 5.69 Å². The zero-order valence-corrected chi connectivity index (χ0v) is 33.4. The van der Waals surface area contributed by atoms with Crippen LogP contribution in [-0.4, -0.2) is 19.4 Å². The molecule has 4 aromatic heterocycles. The fraction of sp³-hybridized carbons (Fsp3) is 0.0702. The van der Waals surface area contributed by atoms with Crippen LogP contribution in [0.5, 0.6) is 0 Å². The molecule has 0 spiro atoms. The minimum Gasteiger partial charge on any atom is -0.309 e. The summed E-state index contributed by atoms with van der Waals surface area (Å²) in [5.74, 6) is 1.30. The van der Waals surface area contributed by atoms with E-state index in [2.05, 4.69) is 202 Å². The van der Waals surface area contributed by atoms with E-state index in [0.717, 1.165) is 30.8 Å². The van der Waals surface area contributed by atoms with Crippen LogP contribution in [0, 0.1) is 0 Å². The van der Waals surface area contributed by atoms with Crippen LogP contribution in [0.4, 0.5) is 5.69 Å². The summed E-state index contributed by atoms with van der Waals surface area (Å²) < 4.78 is 7.49. The Bertz CT molecular complexity index is 3970. The van der Waals surface area contributed by atoms with Gasteiger partial charge in [0, 0.05) is 61.1 Å². The predicted molar refractivity (Wildman–Crippen MR) is 257 cm³/mol. The lowest BCUT2D eigenvalue weighted by molar-refractivity contribution is 0.670. The number of fused-ring (bicyclic) bond motifs is 15. The topological polar surface area (TPSA) is 26.6 Å². The van der Waals surface area contributed by atoms with Crippen molar-refractivity contribution in [3.63, 3.8) is 0 Å². The van der Waals surface area contributed by atoms with Crippen LogP contribution < -0.4 is 0 Å². The van der Waals surface area contributed by atoms with Crippen molar-refractivity contribution >= 4 is 104 Å².